The second-order valence-corrected chi connectivity index (χ2v) is 6.91. The van der Waals surface area contributed by atoms with Crippen LogP contribution in [0.5, 0.6) is 0 Å². The van der Waals surface area contributed by atoms with Gasteiger partial charge < -0.3 is 14.5 Å². The summed E-state index contributed by atoms with van der Waals surface area (Å²) >= 11 is 1.43. The van der Waals surface area contributed by atoms with Crippen LogP contribution in [0.25, 0.3) is 0 Å². The van der Waals surface area contributed by atoms with Gasteiger partial charge in [0, 0.05) is 9.79 Å². The first kappa shape index (κ1) is 15.8. The van der Waals surface area contributed by atoms with Crippen molar-refractivity contribution in [3.05, 3.63) is 54.1 Å². The first-order valence-corrected chi connectivity index (χ1v) is 8.35. The minimum atomic E-state index is -4.20. The first-order valence-electron chi connectivity index (χ1n) is 5.92. The molecule has 0 amide bonds. The van der Waals surface area contributed by atoms with Gasteiger partial charge in [-0.2, -0.15) is 0 Å². The highest BCUT2D eigenvalue weighted by atomic mass is 32.2. The third-order valence-electron chi connectivity index (χ3n) is 2.68. The SMILES string of the molecule is COC(=O)c1ccc(Sc2ccc(P(=O)(O)O)cc2)cc1. The highest BCUT2D eigenvalue weighted by Gasteiger charge is 2.16. The summed E-state index contributed by atoms with van der Waals surface area (Å²) in [6.07, 6.45) is 0. The number of carbonyl (C=O) groups excluding carboxylic acids is 1. The molecule has 0 fully saturated rings. The maximum Gasteiger partial charge on any atom is 0.356 e. The Morgan fingerprint density at radius 2 is 1.48 bits per heavy atom. The summed E-state index contributed by atoms with van der Waals surface area (Å²) in [7, 11) is -2.88. The van der Waals surface area contributed by atoms with Crippen molar-refractivity contribution in [2.75, 3.05) is 7.11 Å². The van der Waals surface area contributed by atoms with Gasteiger partial charge in [-0.15, -0.1) is 0 Å². The molecule has 0 aliphatic rings. The molecule has 0 spiro atoms. The van der Waals surface area contributed by atoms with Crippen LogP contribution in [0, 0.1) is 0 Å². The van der Waals surface area contributed by atoms with Gasteiger partial charge in [0.1, 0.15) is 0 Å². The van der Waals surface area contributed by atoms with E-state index in [2.05, 4.69) is 4.74 Å². The van der Waals surface area contributed by atoms with E-state index in [0.29, 0.717) is 5.56 Å². The van der Waals surface area contributed by atoms with Crippen LogP contribution in [0.15, 0.2) is 58.3 Å². The fourth-order valence-corrected chi connectivity index (χ4v) is 2.98. The Hall–Kier alpha value is -1.59. The van der Waals surface area contributed by atoms with Crippen LogP contribution in [0.4, 0.5) is 0 Å². The lowest BCUT2D eigenvalue weighted by Crippen LogP contribution is -2.02. The van der Waals surface area contributed by atoms with E-state index >= 15 is 0 Å². The summed E-state index contributed by atoms with van der Waals surface area (Å²) in [4.78, 5) is 31.1. The summed E-state index contributed by atoms with van der Waals surface area (Å²) < 4.78 is 15.7. The molecule has 0 radical (unpaired) electrons. The summed E-state index contributed by atoms with van der Waals surface area (Å²) in [6, 6.07) is 13.0. The Kier molecular flexibility index (Phi) is 4.85. The van der Waals surface area contributed by atoms with Gasteiger partial charge in [0.2, 0.25) is 0 Å². The van der Waals surface area contributed by atoms with Crippen LogP contribution in [-0.2, 0) is 9.30 Å². The molecule has 2 rings (SSSR count). The van der Waals surface area contributed by atoms with Crippen molar-refractivity contribution < 1.29 is 23.9 Å². The molecule has 7 heteroatoms. The van der Waals surface area contributed by atoms with Gasteiger partial charge in [-0.1, -0.05) is 11.8 Å². The van der Waals surface area contributed by atoms with Crippen molar-refractivity contribution in [3.63, 3.8) is 0 Å². The molecule has 5 nitrogen and oxygen atoms in total. The van der Waals surface area contributed by atoms with Gasteiger partial charge in [-0.3, -0.25) is 4.57 Å². The van der Waals surface area contributed by atoms with Crippen molar-refractivity contribution in [3.8, 4) is 0 Å². The van der Waals surface area contributed by atoms with Crippen molar-refractivity contribution in [1.29, 1.82) is 0 Å². The predicted octanol–water partition coefficient (Wildman–Crippen LogP) is 2.43. The fourth-order valence-electron chi connectivity index (χ4n) is 1.62. The molecule has 0 aliphatic heterocycles. The molecule has 2 aromatic carbocycles. The first-order chi connectivity index (χ1) is 9.90. The number of esters is 1. The van der Waals surface area contributed by atoms with Crippen molar-refractivity contribution in [2.45, 2.75) is 9.79 Å². The molecule has 2 aromatic rings. The van der Waals surface area contributed by atoms with Gasteiger partial charge in [0.05, 0.1) is 18.0 Å². The van der Waals surface area contributed by atoms with E-state index in [1.807, 2.05) is 0 Å². The summed E-state index contributed by atoms with van der Waals surface area (Å²) in [5, 5.41) is -0.00658. The van der Waals surface area contributed by atoms with E-state index in [1.165, 1.54) is 31.0 Å². The molecule has 0 heterocycles. The highest BCUT2D eigenvalue weighted by Crippen LogP contribution is 2.34. The van der Waals surface area contributed by atoms with E-state index < -0.39 is 13.6 Å². The zero-order valence-electron chi connectivity index (χ0n) is 11.1. The Balaban J connectivity index is 2.11. The molecule has 0 aromatic heterocycles. The minimum Gasteiger partial charge on any atom is -0.465 e. The van der Waals surface area contributed by atoms with Crippen LogP contribution in [-0.4, -0.2) is 22.9 Å². The zero-order valence-corrected chi connectivity index (χ0v) is 12.8. The van der Waals surface area contributed by atoms with E-state index in [4.69, 9.17) is 9.79 Å². The lowest BCUT2D eigenvalue weighted by molar-refractivity contribution is 0.0600. The van der Waals surface area contributed by atoms with Crippen molar-refractivity contribution >= 4 is 30.6 Å². The van der Waals surface area contributed by atoms with Gasteiger partial charge in [-0.05, 0) is 48.5 Å². The van der Waals surface area contributed by atoms with Gasteiger partial charge in [0.25, 0.3) is 0 Å². The minimum absolute atomic E-state index is 0.00658. The van der Waals surface area contributed by atoms with Gasteiger partial charge in [0.15, 0.2) is 0 Å². The van der Waals surface area contributed by atoms with E-state index in [0.717, 1.165) is 9.79 Å². The average molecular weight is 324 g/mol. The van der Waals surface area contributed by atoms with Crippen LogP contribution in [0.3, 0.4) is 0 Å². The summed E-state index contributed by atoms with van der Waals surface area (Å²) in [5.74, 6) is -0.391. The third kappa shape index (κ3) is 4.19. The molecule has 0 aliphatic carbocycles. The van der Waals surface area contributed by atoms with Crippen LogP contribution in [0.1, 0.15) is 10.4 Å². The number of methoxy groups -OCH3 is 1. The number of benzene rings is 2. The van der Waals surface area contributed by atoms with Crippen molar-refractivity contribution in [1.82, 2.24) is 0 Å². The highest BCUT2D eigenvalue weighted by molar-refractivity contribution is 7.99. The molecule has 21 heavy (non-hydrogen) atoms. The normalized spacial score (nSPS) is 11.2. The monoisotopic (exact) mass is 324 g/mol. The zero-order chi connectivity index (χ0) is 15.5. The summed E-state index contributed by atoms with van der Waals surface area (Å²) in [5.41, 5.74) is 0.471. The Bertz CT molecular complexity index is 676. The molecule has 0 saturated heterocycles. The molecule has 0 bridgehead atoms. The largest absolute Gasteiger partial charge is 0.465 e. The second kappa shape index (κ2) is 6.45. The van der Waals surface area contributed by atoms with Gasteiger partial charge >= 0.3 is 13.6 Å². The second-order valence-electron chi connectivity index (χ2n) is 4.16. The number of carbonyl (C=O) groups is 1. The van der Waals surface area contributed by atoms with Crippen LogP contribution in [0.2, 0.25) is 0 Å². The Labute approximate surface area is 126 Å². The molecular weight excluding hydrogens is 311 g/mol. The fraction of sp³-hybridized carbons (Fsp3) is 0.0714. The molecular formula is C14H13O5PS. The quantitative estimate of drug-likeness (QED) is 0.664. The number of hydrogen-bond acceptors (Lipinski definition) is 4. The Morgan fingerprint density at radius 3 is 1.90 bits per heavy atom. The maximum absolute atomic E-state index is 11.3. The van der Waals surface area contributed by atoms with E-state index in [-0.39, 0.29) is 5.30 Å². The topological polar surface area (TPSA) is 83.8 Å². The molecule has 0 atom stereocenters. The summed E-state index contributed by atoms with van der Waals surface area (Å²) in [6.45, 7) is 0. The maximum atomic E-state index is 11.3. The smallest absolute Gasteiger partial charge is 0.356 e. The van der Waals surface area contributed by atoms with Crippen LogP contribution < -0.4 is 5.30 Å². The lowest BCUT2D eigenvalue weighted by atomic mass is 10.2. The van der Waals surface area contributed by atoms with Gasteiger partial charge in [-0.25, -0.2) is 4.79 Å². The Morgan fingerprint density at radius 1 is 1.00 bits per heavy atom. The van der Waals surface area contributed by atoms with Crippen molar-refractivity contribution in [2.24, 2.45) is 0 Å². The number of rotatable bonds is 4. The van der Waals surface area contributed by atoms with E-state index in [9.17, 15) is 9.36 Å². The lowest BCUT2D eigenvalue weighted by Gasteiger charge is -2.06. The number of ether oxygens (including phenoxy) is 1. The molecule has 0 saturated carbocycles. The predicted molar refractivity (Wildman–Crippen MR) is 80.0 cm³/mol. The third-order valence-corrected chi connectivity index (χ3v) is 4.67. The van der Waals surface area contributed by atoms with E-state index in [1.54, 1.807) is 36.4 Å². The van der Waals surface area contributed by atoms with Crippen LogP contribution >= 0.6 is 19.4 Å². The molecule has 0 unspecified atom stereocenters. The number of hydrogen-bond donors (Lipinski definition) is 2. The average Bonchev–Trinajstić information content (AvgIpc) is 2.47. The molecule has 110 valence electrons. The standard InChI is InChI=1S/C14H13O5PS/c1-19-14(15)10-2-6-12(7-3-10)21-13-8-4-11(5-9-13)20(16,17)18/h2-9H,1H3,(H2,16,17,18). The molecule has 2 N–H and O–H groups in total.